The van der Waals surface area contributed by atoms with Crippen molar-refractivity contribution < 1.29 is 18.0 Å². The van der Waals surface area contributed by atoms with Gasteiger partial charge >= 0.3 is 0 Å². The first-order valence-corrected chi connectivity index (χ1v) is 9.36. The van der Waals surface area contributed by atoms with E-state index in [1.807, 2.05) is 11.8 Å². The van der Waals surface area contributed by atoms with Crippen molar-refractivity contribution in [3.8, 4) is 0 Å². The van der Waals surface area contributed by atoms with Gasteiger partial charge in [0.15, 0.2) is 5.69 Å². The molecule has 0 bridgehead atoms. The number of nitrogens with zero attached hydrogens (tertiary/aromatic N) is 3. The fourth-order valence-electron chi connectivity index (χ4n) is 2.90. The summed E-state index contributed by atoms with van der Waals surface area (Å²) in [6.45, 7) is 3.46. The molecule has 0 saturated carbocycles. The summed E-state index contributed by atoms with van der Waals surface area (Å²) in [5, 5.41) is 0. The van der Waals surface area contributed by atoms with Crippen molar-refractivity contribution in [2.24, 2.45) is 0 Å². The molecule has 29 heavy (non-hydrogen) atoms. The minimum absolute atomic E-state index is 0.221. The van der Waals surface area contributed by atoms with E-state index < -0.39 is 0 Å². The number of halogens is 2. The number of oxazole rings is 1. The van der Waals surface area contributed by atoms with Crippen LogP contribution in [0.1, 0.15) is 34.4 Å². The van der Waals surface area contributed by atoms with Gasteiger partial charge in [0.25, 0.3) is 5.91 Å². The highest BCUT2D eigenvalue weighted by Gasteiger charge is 2.18. The van der Waals surface area contributed by atoms with Crippen LogP contribution in [0, 0.1) is 11.6 Å². The second kappa shape index (κ2) is 9.43. The Morgan fingerprint density at radius 2 is 1.76 bits per heavy atom. The lowest BCUT2D eigenvalue weighted by atomic mass is 10.1. The van der Waals surface area contributed by atoms with E-state index in [0.717, 1.165) is 5.56 Å². The highest BCUT2D eigenvalue weighted by Crippen LogP contribution is 2.17. The number of carbonyl (C=O) groups excluding carboxylic acids is 1. The molecule has 152 valence electrons. The van der Waals surface area contributed by atoms with E-state index in [0.29, 0.717) is 31.1 Å². The maximum atomic E-state index is 14.2. The average Bonchev–Trinajstić information content (AvgIpc) is 3.18. The summed E-state index contributed by atoms with van der Waals surface area (Å²) in [5.74, 6) is -0.479. The third-order valence-electron chi connectivity index (χ3n) is 4.62. The fraction of sp³-hybridized carbons (Fsp3) is 0.273. The topological polar surface area (TPSA) is 49.6 Å². The number of benzene rings is 2. The maximum absolute atomic E-state index is 14.2. The number of hydrogen-bond donors (Lipinski definition) is 0. The Morgan fingerprint density at radius 3 is 2.45 bits per heavy atom. The van der Waals surface area contributed by atoms with E-state index in [9.17, 15) is 13.6 Å². The summed E-state index contributed by atoms with van der Waals surface area (Å²) in [6.07, 6.45) is 1.34. The lowest BCUT2D eigenvalue weighted by molar-refractivity contribution is 0.0796. The summed E-state index contributed by atoms with van der Waals surface area (Å²) in [7, 11) is 1.69. The van der Waals surface area contributed by atoms with Gasteiger partial charge in [-0.1, -0.05) is 30.3 Å². The zero-order chi connectivity index (χ0) is 20.8. The van der Waals surface area contributed by atoms with E-state index in [1.54, 1.807) is 37.4 Å². The van der Waals surface area contributed by atoms with Gasteiger partial charge in [0.05, 0.1) is 6.54 Å². The molecule has 1 heterocycles. The molecule has 2 aromatic carbocycles. The molecule has 0 N–H and O–H groups in total. The molecule has 1 amide bonds. The fourth-order valence-corrected chi connectivity index (χ4v) is 2.90. The average molecular weight is 399 g/mol. The van der Waals surface area contributed by atoms with Crippen molar-refractivity contribution in [1.29, 1.82) is 0 Å². The van der Waals surface area contributed by atoms with Crippen LogP contribution in [-0.4, -0.2) is 34.3 Å². The molecule has 0 aliphatic heterocycles. The predicted octanol–water partition coefficient (Wildman–Crippen LogP) is 4.25. The van der Waals surface area contributed by atoms with Gasteiger partial charge < -0.3 is 9.32 Å². The number of amides is 1. The Bertz CT molecular complexity index is 957. The van der Waals surface area contributed by atoms with Crippen LogP contribution in [0.15, 0.2) is 59.2 Å². The third kappa shape index (κ3) is 5.48. The van der Waals surface area contributed by atoms with Crippen molar-refractivity contribution in [3.05, 3.63) is 89.1 Å². The minimum atomic E-state index is -0.315. The van der Waals surface area contributed by atoms with Crippen molar-refractivity contribution >= 4 is 5.91 Å². The van der Waals surface area contributed by atoms with Crippen LogP contribution in [-0.2, 0) is 19.6 Å². The first kappa shape index (κ1) is 20.7. The van der Waals surface area contributed by atoms with Gasteiger partial charge in [-0.15, -0.1) is 0 Å². The first-order valence-electron chi connectivity index (χ1n) is 9.36. The quantitative estimate of drug-likeness (QED) is 0.568. The number of hydrogen-bond acceptors (Lipinski definition) is 4. The van der Waals surface area contributed by atoms with Crippen molar-refractivity contribution in [3.63, 3.8) is 0 Å². The van der Waals surface area contributed by atoms with Crippen LogP contribution in [0.4, 0.5) is 8.78 Å². The molecule has 1 aromatic heterocycles. The third-order valence-corrected chi connectivity index (χ3v) is 4.62. The molecule has 0 fully saturated rings. The normalized spacial score (nSPS) is 11.1. The monoisotopic (exact) mass is 399 g/mol. The van der Waals surface area contributed by atoms with Crippen LogP contribution in [0.3, 0.4) is 0 Å². The molecule has 0 aliphatic rings. The van der Waals surface area contributed by atoms with Gasteiger partial charge in [-0.25, -0.2) is 13.8 Å². The van der Waals surface area contributed by atoms with Gasteiger partial charge in [-0.3, -0.25) is 9.69 Å². The molecule has 3 aromatic rings. The lowest BCUT2D eigenvalue weighted by Crippen LogP contribution is -2.27. The standard InChI is InChI=1S/C22H23F2N3O2/c1-3-26(2)22(28)20-15-29-21(25-20)14-27(12-16-8-10-18(23)11-9-16)13-17-6-4-5-7-19(17)24/h4-11,15H,3,12-14H2,1-2H3. The predicted molar refractivity (Wildman–Crippen MR) is 105 cm³/mol. The van der Waals surface area contributed by atoms with Crippen LogP contribution in [0.5, 0.6) is 0 Å². The Labute approximate surface area is 168 Å². The van der Waals surface area contributed by atoms with Gasteiger partial charge in [-0.05, 0) is 30.7 Å². The number of carbonyl (C=O) groups is 1. The number of rotatable bonds is 8. The zero-order valence-corrected chi connectivity index (χ0v) is 16.4. The highest BCUT2D eigenvalue weighted by molar-refractivity contribution is 5.91. The van der Waals surface area contributed by atoms with Crippen molar-refractivity contribution in [1.82, 2.24) is 14.8 Å². The second-order valence-electron chi connectivity index (χ2n) is 6.81. The van der Waals surface area contributed by atoms with Crippen LogP contribution >= 0.6 is 0 Å². The summed E-state index contributed by atoms with van der Waals surface area (Å²) in [6, 6.07) is 12.7. The minimum Gasteiger partial charge on any atom is -0.447 e. The SMILES string of the molecule is CCN(C)C(=O)c1coc(CN(Cc2ccc(F)cc2)Cc2ccccc2F)n1. The van der Waals surface area contributed by atoms with Crippen LogP contribution in [0.25, 0.3) is 0 Å². The Hall–Kier alpha value is -3.06. The molecule has 0 atom stereocenters. The van der Waals surface area contributed by atoms with Crippen molar-refractivity contribution in [2.75, 3.05) is 13.6 Å². The molecule has 0 aliphatic carbocycles. The molecular weight excluding hydrogens is 376 g/mol. The summed E-state index contributed by atoms with van der Waals surface area (Å²) in [5.41, 5.74) is 1.64. The Kier molecular flexibility index (Phi) is 6.72. The van der Waals surface area contributed by atoms with E-state index >= 15 is 0 Å². The van der Waals surface area contributed by atoms with E-state index in [-0.39, 0.29) is 29.8 Å². The van der Waals surface area contributed by atoms with Crippen molar-refractivity contribution in [2.45, 2.75) is 26.6 Å². The summed E-state index contributed by atoms with van der Waals surface area (Å²) < 4.78 is 32.9. The van der Waals surface area contributed by atoms with E-state index in [4.69, 9.17) is 4.42 Å². The molecule has 0 unspecified atom stereocenters. The van der Waals surface area contributed by atoms with E-state index in [2.05, 4.69) is 4.98 Å². The summed E-state index contributed by atoms with van der Waals surface area (Å²) in [4.78, 5) is 20.0. The Morgan fingerprint density at radius 1 is 1.03 bits per heavy atom. The first-order chi connectivity index (χ1) is 14.0. The molecule has 0 radical (unpaired) electrons. The highest BCUT2D eigenvalue weighted by atomic mass is 19.1. The van der Waals surface area contributed by atoms with Gasteiger partial charge in [-0.2, -0.15) is 0 Å². The van der Waals surface area contributed by atoms with Crippen LogP contribution < -0.4 is 0 Å². The molecular formula is C22H23F2N3O2. The van der Waals surface area contributed by atoms with Gasteiger partial charge in [0.2, 0.25) is 5.89 Å². The van der Waals surface area contributed by atoms with Crippen LogP contribution in [0.2, 0.25) is 0 Å². The summed E-state index contributed by atoms with van der Waals surface area (Å²) >= 11 is 0. The molecule has 0 spiro atoms. The Balaban J connectivity index is 1.79. The molecule has 0 saturated heterocycles. The largest absolute Gasteiger partial charge is 0.447 e. The molecule has 5 nitrogen and oxygen atoms in total. The zero-order valence-electron chi connectivity index (χ0n) is 16.4. The molecule has 3 rings (SSSR count). The second-order valence-corrected chi connectivity index (χ2v) is 6.81. The van der Waals surface area contributed by atoms with Gasteiger partial charge in [0.1, 0.15) is 17.9 Å². The smallest absolute Gasteiger partial charge is 0.275 e. The lowest BCUT2D eigenvalue weighted by Gasteiger charge is -2.21. The number of aromatic nitrogens is 1. The molecule has 7 heteroatoms. The van der Waals surface area contributed by atoms with E-state index in [1.165, 1.54) is 29.4 Å². The maximum Gasteiger partial charge on any atom is 0.275 e. The van der Waals surface area contributed by atoms with Gasteiger partial charge in [0, 0.05) is 32.2 Å².